The van der Waals surface area contributed by atoms with Gasteiger partial charge in [0.25, 0.3) is 0 Å². The Morgan fingerprint density at radius 3 is 2.61 bits per heavy atom. The zero-order valence-electron chi connectivity index (χ0n) is 11.0. The first kappa shape index (κ1) is 12.3. The highest BCUT2D eigenvalue weighted by Gasteiger charge is 2.04. The van der Waals surface area contributed by atoms with Crippen LogP contribution in [0.15, 0.2) is 48.8 Å². The van der Waals surface area contributed by atoms with E-state index in [1.807, 2.05) is 55.1 Å². The van der Waals surface area contributed by atoms with E-state index in [1.54, 1.807) is 6.20 Å². The molecule has 0 spiro atoms. The molecule has 0 atom stereocenters. The molecule has 0 bridgehead atoms. The Hall–Kier alpha value is -2.16. The van der Waals surface area contributed by atoms with E-state index in [2.05, 4.69) is 23.1 Å². The Bertz CT molecular complexity index is 641. The van der Waals surface area contributed by atoms with Crippen LogP contribution >= 0.6 is 0 Å². The van der Waals surface area contributed by atoms with E-state index in [0.717, 1.165) is 16.7 Å². The summed E-state index contributed by atoms with van der Waals surface area (Å²) < 4.78 is 1.86. The van der Waals surface area contributed by atoms with Crippen LogP contribution in [0.5, 0.6) is 0 Å². The summed E-state index contributed by atoms with van der Waals surface area (Å²) in [5, 5.41) is 5.49. The fraction of sp³-hybridized carbons (Fsp3) is 0.200. The van der Waals surface area contributed by atoms with Crippen molar-refractivity contribution in [3.8, 4) is 5.82 Å². The highest BCUT2D eigenvalue weighted by molar-refractivity contribution is 5.79. The molecule has 0 aliphatic carbocycles. The lowest BCUT2D eigenvalue weighted by Gasteiger charge is -2.02. The molecule has 3 aromatic rings. The molecule has 3 heteroatoms. The van der Waals surface area contributed by atoms with Gasteiger partial charge in [-0.05, 0) is 30.7 Å². The molecule has 0 aliphatic heterocycles. The van der Waals surface area contributed by atoms with Gasteiger partial charge in [-0.1, -0.05) is 32.0 Å². The average Bonchev–Trinajstić information content (AvgIpc) is 2.85. The average molecular weight is 239 g/mol. The zero-order chi connectivity index (χ0) is 13.0. The van der Waals surface area contributed by atoms with Crippen LogP contribution in [0.3, 0.4) is 0 Å². The van der Waals surface area contributed by atoms with Gasteiger partial charge in [0.05, 0.1) is 11.7 Å². The normalized spacial score (nSPS) is 9.94. The quantitative estimate of drug-likeness (QED) is 0.647. The van der Waals surface area contributed by atoms with E-state index in [0.29, 0.717) is 0 Å². The maximum absolute atomic E-state index is 4.36. The summed E-state index contributed by atoms with van der Waals surface area (Å²) in [6, 6.07) is 12.1. The third kappa shape index (κ3) is 2.25. The fourth-order valence-corrected chi connectivity index (χ4v) is 1.79. The second kappa shape index (κ2) is 5.45. The molecular weight excluding hydrogens is 222 g/mol. The van der Waals surface area contributed by atoms with Crippen LogP contribution in [0.1, 0.15) is 19.4 Å². The molecule has 2 aromatic heterocycles. The van der Waals surface area contributed by atoms with Crippen LogP contribution in [0.2, 0.25) is 0 Å². The van der Waals surface area contributed by atoms with Crippen LogP contribution in [0, 0.1) is 6.92 Å². The highest BCUT2D eigenvalue weighted by atomic mass is 15.3. The second-order valence-corrected chi connectivity index (χ2v) is 3.81. The molecule has 0 saturated carbocycles. The van der Waals surface area contributed by atoms with Gasteiger partial charge in [0.2, 0.25) is 0 Å². The second-order valence-electron chi connectivity index (χ2n) is 3.81. The molecule has 0 N–H and O–H groups in total. The lowest BCUT2D eigenvalue weighted by molar-refractivity contribution is 0.872. The molecule has 0 unspecified atom stereocenters. The molecule has 2 heterocycles. The van der Waals surface area contributed by atoms with Crippen molar-refractivity contribution in [1.82, 2.24) is 14.8 Å². The number of rotatable bonds is 1. The Morgan fingerprint density at radius 2 is 1.83 bits per heavy atom. The summed E-state index contributed by atoms with van der Waals surface area (Å²) >= 11 is 0. The summed E-state index contributed by atoms with van der Waals surface area (Å²) in [6.45, 7) is 6.05. The number of aryl methyl sites for hydroxylation is 1. The monoisotopic (exact) mass is 239 g/mol. The maximum atomic E-state index is 4.36. The van der Waals surface area contributed by atoms with E-state index in [9.17, 15) is 0 Å². The molecule has 0 radical (unpaired) electrons. The largest absolute Gasteiger partial charge is 0.237 e. The van der Waals surface area contributed by atoms with Crippen molar-refractivity contribution in [3.63, 3.8) is 0 Å². The summed E-state index contributed by atoms with van der Waals surface area (Å²) in [6.07, 6.45) is 3.67. The maximum Gasteiger partial charge on any atom is 0.154 e. The zero-order valence-corrected chi connectivity index (χ0v) is 11.0. The van der Waals surface area contributed by atoms with E-state index in [-0.39, 0.29) is 0 Å². The molecule has 3 nitrogen and oxygen atoms in total. The van der Waals surface area contributed by atoms with Crippen LogP contribution in [-0.4, -0.2) is 14.8 Å². The predicted octanol–water partition coefficient (Wildman–Crippen LogP) is 3.76. The van der Waals surface area contributed by atoms with E-state index >= 15 is 0 Å². The van der Waals surface area contributed by atoms with Gasteiger partial charge >= 0.3 is 0 Å². The van der Waals surface area contributed by atoms with E-state index in [4.69, 9.17) is 0 Å². The van der Waals surface area contributed by atoms with Crippen molar-refractivity contribution in [2.45, 2.75) is 20.8 Å². The Labute approximate surface area is 107 Å². The van der Waals surface area contributed by atoms with Crippen molar-refractivity contribution >= 4 is 10.9 Å². The number of benzene rings is 1. The van der Waals surface area contributed by atoms with E-state index < -0.39 is 0 Å². The number of para-hydroxylation sites is 1. The lowest BCUT2D eigenvalue weighted by Crippen LogP contribution is -1.98. The minimum Gasteiger partial charge on any atom is -0.237 e. The first-order valence-electron chi connectivity index (χ1n) is 6.20. The molecular formula is C15H17N3. The molecule has 3 rings (SSSR count). The topological polar surface area (TPSA) is 30.7 Å². The molecule has 0 saturated heterocycles. The number of nitrogens with zero attached hydrogens (tertiary/aromatic N) is 3. The first-order chi connectivity index (χ1) is 8.84. The minimum absolute atomic E-state index is 0.862. The molecule has 92 valence electrons. The number of aromatic nitrogens is 3. The minimum atomic E-state index is 0.862. The smallest absolute Gasteiger partial charge is 0.154 e. The fourth-order valence-electron chi connectivity index (χ4n) is 1.79. The Morgan fingerprint density at radius 1 is 1.06 bits per heavy atom. The van der Waals surface area contributed by atoms with Gasteiger partial charge in [-0.15, -0.1) is 0 Å². The molecule has 0 amide bonds. The number of pyridine rings is 1. The van der Waals surface area contributed by atoms with Gasteiger partial charge in [-0.2, -0.15) is 5.10 Å². The molecule has 1 aromatic carbocycles. The summed E-state index contributed by atoms with van der Waals surface area (Å²) in [5.74, 6) is 0.862. The first-order valence-corrected chi connectivity index (χ1v) is 6.20. The highest BCUT2D eigenvalue weighted by Crippen LogP contribution is 2.16. The van der Waals surface area contributed by atoms with Crippen molar-refractivity contribution in [2.24, 2.45) is 0 Å². The number of hydrogen-bond donors (Lipinski definition) is 0. The lowest BCUT2D eigenvalue weighted by atomic mass is 10.2. The van der Waals surface area contributed by atoms with Gasteiger partial charge in [0, 0.05) is 11.6 Å². The van der Waals surface area contributed by atoms with E-state index in [1.165, 1.54) is 5.56 Å². The summed E-state index contributed by atoms with van der Waals surface area (Å²) in [7, 11) is 0. The van der Waals surface area contributed by atoms with Crippen molar-refractivity contribution < 1.29 is 0 Å². The van der Waals surface area contributed by atoms with Gasteiger partial charge in [0.15, 0.2) is 5.82 Å². The predicted molar refractivity (Wildman–Crippen MR) is 75.0 cm³/mol. The standard InChI is InChI=1S/C13H11N3.C2H6/c1-10-6-7-14-13(8-10)16-12-5-3-2-4-11(12)9-15-16;1-2/h2-9H,1H3;1-2H3. The third-order valence-corrected chi connectivity index (χ3v) is 2.60. The number of fused-ring (bicyclic) bond motifs is 1. The van der Waals surface area contributed by atoms with Gasteiger partial charge in [-0.25, -0.2) is 9.67 Å². The summed E-state index contributed by atoms with van der Waals surface area (Å²) in [5.41, 5.74) is 2.27. The SMILES string of the molecule is CC.Cc1ccnc(-n2ncc3ccccc32)c1. The van der Waals surface area contributed by atoms with Crippen LogP contribution in [-0.2, 0) is 0 Å². The Balaban J connectivity index is 0.000000574. The van der Waals surface area contributed by atoms with Crippen LogP contribution < -0.4 is 0 Å². The van der Waals surface area contributed by atoms with Gasteiger partial charge < -0.3 is 0 Å². The Kier molecular flexibility index (Phi) is 3.72. The summed E-state index contributed by atoms with van der Waals surface area (Å²) in [4.78, 5) is 4.33. The molecule has 18 heavy (non-hydrogen) atoms. The van der Waals surface area contributed by atoms with Crippen LogP contribution in [0.4, 0.5) is 0 Å². The van der Waals surface area contributed by atoms with Crippen molar-refractivity contribution in [3.05, 3.63) is 54.4 Å². The van der Waals surface area contributed by atoms with Crippen LogP contribution in [0.25, 0.3) is 16.7 Å². The molecule has 0 aliphatic rings. The third-order valence-electron chi connectivity index (χ3n) is 2.60. The van der Waals surface area contributed by atoms with Crippen molar-refractivity contribution in [2.75, 3.05) is 0 Å². The number of hydrogen-bond acceptors (Lipinski definition) is 2. The van der Waals surface area contributed by atoms with Crippen molar-refractivity contribution in [1.29, 1.82) is 0 Å². The molecule has 0 fully saturated rings. The van der Waals surface area contributed by atoms with Gasteiger partial charge in [0.1, 0.15) is 0 Å². The van der Waals surface area contributed by atoms with Gasteiger partial charge in [-0.3, -0.25) is 0 Å².